The lowest BCUT2D eigenvalue weighted by molar-refractivity contribution is 0.0306. The molecule has 4 rings (SSSR count). The molecule has 0 aliphatic carbocycles. The Morgan fingerprint density at radius 2 is 1.97 bits per heavy atom. The minimum atomic E-state index is 0.0267. The van der Waals surface area contributed by atoms with E-state index in [0.717, 1.165) is 21.3 Å². The van der Waals surface area contributed by atoms with Crippen molar-refractivity contribution in [2.45, 2.75) is 6.54 Å². The number of hydrogen-bond donors (Lipinski definition) is 1. The molecule has 0 saturated carbocycles. The molecule has 0 atom stereocenters. The van der Waals surface area contributed by atoms with Crippen molar-refractivity contribution in [2.24, 2.45) is 7.05 Å². The van der Waals surface area contributed by atoms with Gasteiger partial charge in [0.25, 0.3) is 5.91 Å². The number of hydrogen-bond acceptors (Lipinski definition) is 5. The van der Waals surface area contributed by atoms with Crippen LogP contribution >= 0.6 is 47.4 Å². The van der Waals surface area contributed by atoms with Crippen molar-refractivity contribution in [3.8, 4) is 0 Å². The highest BCUT2D eigenvalue weighted by Crippen LogP contribution is 2.29. The van der Waals surface area contributed by atoms with Gasteiger partial charge in [0.2, 0.25) is 0 Å². The third-order valence-corrected chi connectivity index (χ3v) is 7.23. The molecule has 1 aliphatic heterocycles. The summed E-state index contributed by atoms with van der Waals surface area (Å²) in [5.41, 5.74) is 1.86. The predicted octanol–water partition coefficient (Wildman–Crippen LogP) is 4.56. The van der Waals surface area contributed by atoms with E-state index in [1.54, 1.807) is 0 Å². The van der Waals surface area contributed by atoms with Gasteiger partial charge in [-0.25, -0.2) is 0 Å². The molecule has 0 unspecified atom stereocenters. The fourth-order valence-corrected chi connectivity index (χ4v) is 5.19. The molecule has 0 bridgehead atoms. The molecule has 0 spiro atoms. The van der Waals surface area contributed by atoms with Gasteiger partial charge in [-0.2, -0.15) is 0 Å². The maximum atomic E-state index is 12.9. The number of aromatic nitrogens is 1. The van der Waals surface area contributed by atoms with Crippen LogP contribution in [0.1, 0.15) is 20.8 Å². The van der Waals surface area contributed by atoms with E-state index in [-0.39, 0.29) is 5.91 Å². The maximum Gasteiger partial charge on any atom is 0.264 e. The number of nitrogens with one attached hydrogen (secondary N) is 1. The SMILES string of the molecule is Cn1cc(C(=S)NCc2ccc(Cl)cc2)c(=S)c2cc(C(=O)N3CCOCC3)sc21. The molecule has 1 aromatic carbocycles. The number of aryl methyl sites for hydroxylation is 1. The van der Waals surface area contributed by atoms with Crippen LogP contribution in [0.2, 0.25) is 5.02 Å². The van der Waals surface area contributed by atoms with Crippen LogP contribution in [-0.2, 0) is 18.3 Å². The monoisotopic (exact) mass is 477 g/mol. The zero-order valence-corrected chi connectivity index (χ0v) is 19.5. The zero-order chi connectivity index (χ0) is 21.3. The van der Waals surface area contributed by atoms with Crippen molar-refractivity contribution in [3.05, 3.63) is 62.1 Å². The highest BCUT2D eigenvalue weighted by molar-refractivity contribution is 7.80. The number of pyridine rings is 1. The van der Waals surface area contributed by atoms with E-state index in [4.69, 9.17) is 40.8 Å². The summed E-state index contributed by atoms with van der Waals surface area (Å²) in [5, 5.41) is 4.85. The Morgan fingerprint density at radius 1 is 1.27 bits per heavy atom. The van der Waals surface area contributed by atoms with Crippen LogP contribution in [0.15, 0.2) is 36.5 Å². The molecule has 0 radical (unpaired) electrons. The van der Waals surface area contributed by atoms with Gasteiger partial charge in [0.15, 0.2) is 0 Å². The average molecular weight is 478 g/mol. The Morgan fingerprint density at radius 3 is 2.67 bits per heavy atom. The van der Waals surface area contributed by atoms with Gasteiger partial charge in [-0.05, 0) is 23.8 Å². The van der Waals surface area contributed by atoms with Crippen molar-refractivity contribution < 1.29 is 9.53 Å². The van der Waals surface area contributed by atoms with Crippen molar-refractivity contribution in [2.75, 3.05) is 26.3 Å². The zero-order valence-electron chi connectivity index (χ0n) is 16.3. The van der Waals surface area contributed by atoms with E-state index >= 15 is 0 Å². The number of thiophene rings is 1. The predicted molar refractivity (Wildman–Crippen MR) is 128 cm³/mol. The first-order valence-corrected chi connectivity index (χ1v) is 11.5. The van der Waals surface area contributed by atoms with Crippen LogP contribution in [0.5, 0.6) is 0 Å². The van der Waals surface area contributed by atoms with Crippen LogP contribution in [0.25, 0.3) is 10.2 Å². The van der Waals surface area contributed by atoms with Crippen LogP contribution in [0.3, 0.4) is 0 Å². The maximum absolute atomic E-state index is 12.9. The second-order valence-electron chi connectivity index (χ2n) is 7.03. The summed E-state index contributed by atoms with van der Waals surface area (Å²) in [6, 6.07) is 9.51. The average Bonchev–Trinajstić information content (AvgIpc) is 3.22. The van der Waals surface area contributed by atoms with E-state index < -0.39 is 0 Å². The number of amides is 1. The van der Waals surface area contributed by atoms with Gasteiger partial charge in [-0.1, -0.05) is 48.2 Å². The molecule has 3 aromatic rings. The number of carbonyl (C=O) groups excluding carboxylic acids is 1. The summed E-state index contributed by atoms with van der Waals surface area (Å²) in [6.45, 7) is 2.97. The Hall–Kier alpha value is -1.84. The van der Waals surface area contributed by atoms with Crippen LogP contribution < -0.4 is 5.32 Å². The summed E-state index contributed by atoms with van der Waals surface area (Å²) in [7, 11) is 1.95. The Kier molecular flexibility index (Phi) is 6.50. The highest BCUT2D eigenvalue weighted by atomic mass is 35.5. The van der Waals surface area contributed by atoms with Crippen molar-refractivity contribution in [1.82, 2.24) is 14.8 Å². The van der Waals surface area contributed by atoms with Gasteiger partial charge < -0.3 is 19.5 Å². The van der Waals surface area contributed by atoms with Gasteiger partial charge in [-0.3, -0.25) is 4.79 Å². The van der Waals surface area contributed by atoms with Crippen LogP contribution in [-0.4, -0.2) is 46.7 Å². The molecule has 1 N–H and O–H groups in total. The van der Waals surface area contributed by atoms with Crippen LogP contribution in [0, 0.1) is 4.51 Å². The number of nitrogens with zero attached hydrogens (tertiary/aromatic N) is 2. The normalized spacial score (nSPS) is 14.1. The van der Waals surface area contributed by atoms with Gasteiger partial charge in [0.1, 0.15) is 9.82 Å². The van der Waals surface area contributed by atoms with E-state index in [1.807, 2.05) is 53.0 Å². The summed E-state index contributed by atoms with van der Waals surface area (Å²) < 4.78 is 7.99. The van der Waals surface area contributed by atoms with Gasteiger partial charge in [-0.15, -0.1) is 11.3 Å². The van der Waals surface area contributed by atoms with Gasteiger partial charge in [0, 0.05) is 48.9 Å². The minimum Gasteiger partial charge on any atom is -0.378 e. The molecule has 5 nitrogen and oxygen atoms in total. The largest absolute Gasteiger partial charge is 0.378 e. The lowest BCUT2D eigenvalue weighted by Crippen LogP contribution is -2.40. The second kappa shape index (κ2) is 9.11. The lowest BCUT2D eigenvalue weighted by Gasteiger charge is -2.26. The van der Waals surface area contributed by atoms with Crippen molar-refractivity contribution in [1.29, 1.82) is 0 Å². The first kappa shape index (κ1) is 21.4. The van der Waals surface area contributed by atoms with E-state index in [1.165, 1.54) is 11.3 Å². The first-order valence-electron chi connectivity index (χ1n) is 9.47. The number of fused-ring (bicyclic) bond motifs is 1. The summed E-state index contributed by atoms with van der Waals surface area (Å²) >= 11 is 18.8. The molecule has 1 aliphatic rings. The third-order valence-electron chi connectivity index (χ3n) is 4.96. The molecule has 30 heavy (non-hydrogen) atoms. The number of thiocarbonyl (C=S) groups is 1. The van der Waals surface area contributed by atoms with E-state index in [9.17, 15) is 4.79 Å². The van der Waals surface area contributed by atoms with Crippen molar-refractivity contribution >= 4 is 68.5 Å². The Balaban J connectivity index is 1.59. The first-order chi connectivity index (χ1) is 14.4. The molecular formula is C21H20ClN3O2S3. The Bertz CT molecular complexity index is 1160. The summed E-state index contributed by atoms with van der Waals surface area (Å²) in [5.74, 6) is 0.0267. The van der Waals surface area contributed by atoms with Gasteiger partial charge in [0.05, 0.1) is 22.6 Å². The smallest absolute Gasteiger partial charge is 0.264 e. The number of morpholine rings is 1. The number of halogens is 1. The highest BCUT2D eigenvalue weighted by Gasteiger charge is 2.22. The lowest BCUT2D eigenvalue weighted by atomic mass is 10.2. The molecule has 1 amide bonds. The second-order valence-corrected chi connectivity index (χ2v) is 9.31. The minimum absolute atomic E-state index is 0.0267. The molecule has 2 aromatic heterocycles. The molecule has 1 fully saturated rings. The number of rotatable bonds is 4. The standard InChI is InChI=1S/C21H20ClN3O2S3/c1-24-12-16(19(29)23-11-13-2-4-14(22)5-3-13)18(28)15-10-17(30-21(15)24)20(26)25-6-8-27-9-7-25/h2-5,10,12H,6-9,11H2,1H3,(H,23,29). The summed E-state index contributed by atoms with van der Waals surface area (Å²) in [4.78, 5) is 16.9. The molecule has 156 valence electrons. The molecular weight excluding hydrogens is 458 g/mol. The molecule has 3 heterocycles. The third kappa shape index (κ3) is 4.43. The number of carbonyl (C=O) groups is 1. The van der Waals surface area contributed by atoms with Crippen LogP contribution in [0.4, 0.5) is 0 Å². The summed E-state index contributed by atoms with van der Waals surface area (Å²) in [6.07, 6.45) is 1.93. The number of benzene rings is 1. The van der Waals surface area contributed by atoms with Gasteiger partial charge >= 0.3 is 0 Å². The fraction of sp³-hybridized carbons (Fsp3) is 0.286. The van der Waals surface area contributed by atoms with E-state index in [0.29, 0.717) is 52.2 Å². The molecule has 9 heteroatoms. The molecule has 1 saturated heterocycles. The number of ether oxygens (including phenoxy) is 1. The van der Waals surface area contributed by atoms with Crippen molar-refractivity contribution in [3.63, 3.8) is 0 Å². The fourth-order valence-electron chi connectivity index (χ4n) is 3.33. The topological polar surface area (TPSA) is 46.5 Å². The Labute approximate surface area is 194 Å². The van der Waals surface area contributed by atoms with E-state index in [2.05, 4.69) is 5.32 Å². The quantitative estimate of drug-likeness (QED) is 0.558.